The van der Waals surface area contributed by atoms with Gasteiger partial charge in [0, 0.05) is 38.2 Å². The number of amides is 2. The van der Waals surface area contributed by atoms with Gasteiger partial charge in [-0.25, -0.2) is 27.7 Å². The third-order valence-corrected chi connectivity index (χ3v) is 8.04. The standard InChI is InChI=1S/C32H28F3N5O7/c1-17(41)36-12-21-14-39(32(45)47-21)20-3-4-28(25(35)8-20)46-16-18-6-7-38(13-18)27-10-26-22(9-24(27)34)30(42)23(31(43)44)15-40(26)29-5-2-19(33)11-37-29/h2-5,8-11,15,18,21H,6-7,12-14,16H2,1H3,(H,36,41)(H,43,44)/t18-,21+/m1/s1. The molecule has 0 bridgehead atoms. The first-order valence-corrected chi connectivity index (χ1v) is 14.6. The van der Waals surface area contributed by atoms with Crippen LogP contribution in [0.1, 0.15) is 23.7 Å². The molecule has 0 unspecified atom stereocenters. The summed E-state index contributed by atoms with van der Waals surface area (Å²) < 4.78 is 56.3. The van der Waals surface area contributed by atoms with E-state index in [1.807, 2.05) is 0 Å². The molecule has 2 atom stereocenters. The van der Waals surface area contributed by atoms with Gasteiger partial charge in [-0.05, 0) is 42.8 Å². The van der Waals surface area contributed by atoms with Crippen LogP contribution in [-0.4, -0.2) is 71.5 Å². The van der Waals surface area contributed by atoms with Crippen molar-refractivity contribution in [1.82, 2.24) is 14.9 Å². The Morgan fingerprint density at radius 1 is 1.09 bits per heavy atom. The Morgan fingerprint density at radius 3 is 2.60 bits per heavy atom. The summed E-state index contributed by atoms with van der Waals surface area (Å²) in [4.78, 5) is 55.1. The van der Waals surface area contributed by atoms with E-state index >= 15 is 4.39 Å². The molecule has 4 heterocycles. The normalized spacial score (nSPS) is 17.7. The molecule has 2 aliphatic heterocycles. The zero-order chi connectivity index (χ0) is 33.4. The Morgan fingerprint density at radius 2 is 1.89 bits per heavy atom. The quantitative estimate of drug-likeness (QED) is 0.276. The number of nitrogens with one attached hydrogen (secondary N) is 1. The average molecular weight is 652 g/mol. The first kappa shape index (κ1) is 31.4. The minimum Gasteiger partial charge on any atom is -0.490 e. The number of carbonyl (C=O) groups excluding carboxylic acids is 2. The summed E-state index contributed by atoms with van der Waals surface area (Å²) in [5, 5.41) is 12.0. The SMILES string of the molecule is CC(=O)NC[C@H]1CN(c2ccc(OC[C@@H]3CCN(c4cc5c(cc4F)c(=O)c(C(=O)O)cn5-c4ccc(F)cn4)C3)c(F)c2)C(=O)O1. The average Bonchev–Trinajstić information content (AvgIpc) is 3.66. The Bertz CT molecular complexity index is 1950. The molecule has 4 aromatic rings. The summed E-state index contributed by atoms with van der Waals surface area (Å²) in [6.07, 6.45) is 1.37. The summed E-state index contributed by atoms with van der Waals surface area (Å²) in [5.74, 6) is -3.83. The van der Waals surface area contributed by atoms with Crippen LogP contribution in [0.15, 0.2) is 59.7 Å². The summed E-state index contributed by atoms with van der Waals surface area (Å²) in [6.45, 7) is 2.49. The number of ether oxygens (including phenoxy) is 2. The molecule has 2 saturated heterocycles. The molecule has 6 rings (SSSR count). The van der Waals surface area contributed by atoms with Gasteiger partial charge in [-0.15, -0.1) is 0 Å². The van der Waals surface area contributed by atoms with Gasteiger partial charge in [-0.3, -0.25) is 14.5 Å². The molecule has 2 fully saturated rings. The lowest BCUT2D eigenvalue weighted by Crippen LogP contribution is -2.33. The van der Waals surface area contributed by atoms with Crippen LogP contribution in [-0.2, 0) is 9.53 Å². The predicted molar refractivity (Wildman–Crippen MR) is 163 cm³/mol. The second-order valence-electron chi connectivity index (χ2n) is 11.3. The Kier molecular flexibility index (Phi) is 8.45. The fourth-order valence-corrected chi connectivity index (χ4v) is 5.70. The largest absolute Gasteiger partial charge is 0.490 e. The molecule has 244 valence electrons. The summed E-state index contributed by atoms with van der Waals surface area (Å²) in [6, 6.07) is 8.94. The maximum absolute atomic E-state index is 15.5. The van der Waals surface area contributed by atoms with Crippen molar-refractivity contribution in [3.63, 3.8) is 0 Å². The van der Waals surface area contributed by atoms with Crippen molar-refractivity contribution in [1.29, 1.82) is 0 Å². The number of carboxylic acids is 1. The van der Waals surface area contributed by atoms with Gasteiger partial charge in [-0.2, -0.15) is 0 Å². The lowest BCUT2D eigenvalue weighted by Gasteiger charge is -2.21. The first-order chi connectivity index (χ1) is 22.5. The molecule has 2 amide bonds. The lowest BCUT2D eigenvalue weighted by molar-refractivity contribution is -0.119. The fraction of sp³-hybridized carbons (Fsp3) is 0.281. The molecule has 15 heteroatoms. The molecule has 0 saturated carbocycles. The van der Waals surface area contributed by atoms with E-state index in [1.165, 1.54) is 40.7 Å². The molecular weight excluding hydrogens is 623 g/mol. The van der Waals surface area contributed by atoms with Crippen molar-refractivity contribution < 1.29 is 42.1 Å². The lowest BCUT2D eigenvalue weighted by atomic mass is 10.1. The molecule has 2 aromatic carbocycles. The van der Waals surface area contributed by atoms with Crippen LogP contribution < -0.4 is 25.3 Å². The maximum Gasteiger partial charge on any atom is 0.414 e. The Balaban J connectivity index is 1.17. The number of carboxylic acid groups (broad SMARTS) is 1. The van der Waals surface area contributed by atoms with Gasteiger partial charge in [0.2, 0.25) is 11.3 Å². The van der Waals surface area contributed by atoms with Crippen LogP contribution in [0.3, 0.4) is 0 Å². The van der Waals surface area contributed by atoms with E-state index in [-0.39, 0.29) is 65.4 Å². The van der Waals surface area contributed by atoms with Gasteiger partial charge < -0.3 is 29.4 Å². The number of aromatic carboxylic acids is 1. The van der Waals surface area contributed by atoms with Gasteiger partial charge in [0.15, 0.2) is 11.6 Å². The highest BCUT2D eigenvalue weighted by Crippen LogP contribution is 2.32. The highest BCUT2D eigenvalue weighted by atomic mass is 19.1. The summed E-state index contributed by atoms with van der Waals surface area (Å²) in [5.41, 5.74) is -0.859. The molecule has 0 radical (unpaired) electrons. The maximum atomic E-state index is 15.5. The first-order valence-electron chi connectivity index (χ1n) is 14.6. The van der Waals surface area contributed by atoms with E-state index in [4.69, 9.17) is 9.47 Å². The number of nitrogens with zero attached hydrogens (tertiary/aromatic N) is 4. The summed E-state index contributed by atoms with van der Waals surface area (Å²) >= 11 is 0. The van der Waals surface area contributed by atoms with Gasteiger partial charge in [0.05, 0.1) is 48.2 Å². The highest BCUT2D eigenvalue weighted by Gasteiger charge is 2.33. The third kappa shape index (κ3) is 6.41. The molecule has 2 N–H and O–H groups in total. The van der Waals surface area contributed by atoms with Crippen molar-refractivity contribution >= 4 is 40.2 Å². The number of aromatic nitrogens is 2. The number of hydrogen-bond donors (Lipinski definition) is 2. The molecule has 12 nitrogen and oxygen atoms in total. The van der Waals surface area contributed by atoms with Crippen LogP contribution in [0.4, 0.5) is 29.3 Å². The van der Waals surface area contributed by atoms with Crippen LogP contribution in [0.25, 0.3) is 16.7 Å². The smallest absolute Gasteiger partial charge is 0.414 e. The van der Waals surface area contributed by atoms with Gasteiger partial charge in [0.25, 0.3) is 0 Å². The minimum atomic E-state index is -1.50. The van der Waals surface area contributed by atoms with E-state index in [1.54, 1.807) is 4.90 Å². The number of benzene rings is 2. The molecule has 2 aliphatic rings. The van der Waals surface area contributed by atoms with Crippen molar-refractivity contribution in [3.8, 4) is 11.6 Å². The Labute approximate surface area is 264 Å². The topological polar surface area (TPSA) is 143 Å². The molecule has 47 heavy (non-hydrogen) atoms. The number of rotatable bonds is 9. The number of anilines is 2. The predicted octanol–water partition coefficient (Wildman–Crippen LogP) is 3.87. The molecule has 0 spiro atoms. The van der Waals surface area contributed by atoms with Crippen LogP contribution in [0.5, 0.6) is 5.75 Å². The number of cyclic esters (lactones) is 1. The van der Waals surface area contributed by atoms with Gasteiger partial charge in [-0.1, -0.05) is 0 Å². The zero-order valence-electron chi connectivity index (χ0n) is 24.9. The van der Waals surface area contributed by atoms with Crippen molar-refractivity contribution in [3.05, 3.63) is 88.1 Å². The number of carbonyl (C=O) groups is 3. The third-order valence-electron chi connectivity index (χ3n) is 8.04. The number of pyridine rings is 2. The second-order valence-corrected chi connectivity index (χ2v) is 11.3. The number of fused-ring (bicyclic) bond motifs is 1. The fourth-order valence-electron chi connectivity index (χ4n) is 5.70. The monoisotopic (exact) mass is 651 g/mol. The van der Waals surface area contributed by atoms with E-state index < -0.39 is 46.6 Å². The van der Waals surface area contributed by atoms with E-state index in [9.17, 15) is 33.1 Å². The van der Waals surface area contributed by atoms with Crippen molar-refractivity contribution in [2.24, 2.45) is 5.92 Å². The van der Waals surface area contributed by atoms with Gasteiger partial charge in [0.1, 0.15) is 29.1 Å². The Hall–Kier alpha value is -5.60. The van der Waals surface area contributed by atoms with E-state index in [2.05, 4.69) is 10.3 Å². The molecule has 2 aromatic heterocycles. The van der Waals surface area contributed by atoms with E-state index in [0.717, 1.165) is 30.6 Å². The highest BCUT2D eigenvalue weighted by molar-refractivity contribution is 5.94. The number of halogens is 3. The second kappa shape index (κ2) is 12.7. The van der Waals surface area contributed by atoms with Crippen LogP contribution in [0, 0.1) is 23.4 Å². The minimum absolute atomic E-state index is 0.0310. The number of hydrogen-bond acceptors (Lipinski definition) is 8. The zero-order valence-corrected chi connectivity index (χ0v) is 24.9. The van der Waals surface area contributed by atoms with Crippen molar-refractivity contribution in [2.75, 3.05) is 42.6 Å². The molecule has 0 aliphatic carbocycles. The summed E-state index contributed by atoms with van der Waals surface area (Å²) in [7, 11) is 0. The van der Waals surface area contributed by atoms with Crippen LogP contribution in [0.2, 0.25) is 0 Å². The van der Waals surface area contributed by atoms with E-state index in [0.29, 0.717) is 19.5 Å². The molecular formula is C32H28F3N5O7. The van der Waals surface area contributed by atoms with Crippen molar-refractivity contribution in [2.45, 2.75) is 19.4 Å². The van der Waals surface area contributed by atoms with Crippen LogP contribution >= 0.6 is 0 Å². The van der Waals surface area contributed by atoms with Gasteiger partial charge >= 0.3 is 12.1 Å².